The summed E-state index contributed by atoms with van der Waals surface area (Å²) >= 11 is 1.31. The SMILES string of the molecule is Cc1ccc(C)c(S(=O)(=O)[C@@H](CNC(=O)c2cccs2)c2cccnc2)c1. The quantitative estimate of drug-likeness (QED) is 0.684. The van der Waals surface area contributed by atoms with Crippen LogP contribution in [0.4, 0.5) is 0 Å². The van der Waals surface area contributed by atoms with Gasteiger partial charge < -0.3 is 5.32 Å². The third-order valence-corrected chi connectivity index (χ3v) is 7.38. The topological polar surface area (TPSA) is 76.1 Å². The van der Waals surface area contributed by atoms with Gasteiger partial charge in [-0.05, 0) is 54.1 Å². The number of amides is 1. The van der Waals surface area contributed by atoms with Crippen molar-refractivity contribution >= 4 is 27.1 Å². The lowest BCUT2D eigenvalue weighted by molar-refractivity contribution is 0.0957. The van der Waals surface area contributed by atoms with Crippen molar-refractivity contribution < 1.29 is 13.2 Å². The molecule has 0 radical (unpaired) electrons. The highest BCUT2D eigenvalue weighted by Crippen LogP contribution is 2.30. The number of hydrogen-bond acceptors (Lipinski definition) is 5. The molecule has 1 amide bonds. The van der Waals surface area contributed by atoms with Gasteiger partial charge in [-0.25, -0.2) is 8.42 Å². The molecule has 0 unspecified atom stereocenters. The van der Waals surface area contributed by atoms with E-state index in [-0.39, 0.29) is 17.3 Å². The van der Waals surface area contributed by atoms with Crippen molar-refractivity contribution in [3.05, 3.63) is 81.8 Å². The third-order valence-electron chi connectivity index (χ3n) is 4.27. The summed E-state index contributed by atoms with van der Waals surface area (Å²) in [4.78, 5) is 17.2. The molecule has 27 heavy (non-hydrogen) atoms. The Morgan fingerprint density at radius 2 is 2.00 bits per heavy atom. The van der Waals surface area contributed by atoms with E-state index in [1.165, 1.54) is 17.5 Å². The van der Waals surface area contributed by atoms with Crippen molar-refractivity contribution in [1.82, 2.24) is 10.3 Å². The Morgan fingerprint density at radius 1 is 1.19 bits per heavy atom. The van der Waals surface area contributed by atoms with Crippen LogP contribution in [0.1, 0.15) is 31.6 Å². The summed E-state index contributed by atoms with van der Waals surface area (Å²) in [6, 6.07) is 12.3. The lowest BCUT2D eigenvalue weighted by Crippen LogP contribution is -2.31. The molecule has 7 heteroatoms. The molecule has 1 aromatic carbocycles. The number of rotatable bonds is 6. The molecule has 0 bridgehead atoms. The van der Waals surface area contributed by atoms with Crippen LogP contribution >= 0.6 is 11.3 Å². The molecule has 0 aliphatic carbocycles. The highest BCUT2D eigenvalue weighted by Gasteiger charge is 2.31. The average Bonchev–Trinajstić information content (AvgIpc) is 3.19. The molecular formula is C20H20N2O3S2. The first-order valence-corrected chi connectivity index (χ1v) is 10.8. The van der Waals surface area contributed by atoms with Crippen LogP contribution in [0.3, 0.4) is 0 Å². The van der Waals surface area contributed by atoms with Gasteiger partial charge in [-0.2, -0.15) is 0 Å². The van der Waals surface area contributed by atoms with E-state index in [1.807, 2.05) is 13.0 Å². The van der Waals surface area contributed by atoms with Gasteiger partial charge in [0.15, 0.2) is 9.84 Å². The minimum atomic E-state index is -3.72. The molecule has 2 aromatic heterocycles. The molecule has 0 aliphatic heterocycles. The van der Waals surface area contributed by atoms with E-state index in [0.29, 0.717) is 16.0 Å². The van der Waals surface area contributed by atoms with E-state index in [2.05, 4.69) is 10.3 Å². The second-order valence-corrected chi connectivity index (χ2v) is 9.32. The van der Waals surface area contributed by atoms with Crippen LogP contribution in [-0.4, -0.2) is 25.9 Å². The first-order valence-electron chi connectivity index (χ1n) is 8.42. The van der Waals surface area contributed by atoms with Gasteiger partial charge >= 0.3 is 0 Å². The predicted molar refractivity (Wildman–Crippen MR) is 107 cm³/mol. The highest BCUT2D eigenvalue weighted by molar-refractivity contribution is 7.91. The summed E-state index contributed by atoms with van der Waals surface area (Å²) in [5.74, 6) is -0.282. The number of carbonyl (C=O) groups is 1. The van der Waals surface area contributed by atoms with Crippen LogP contribution < -0.4 is 5.32 Å². The summed E-state index contributed by atoms with van der Waals surface area (Å²) in [5, 5.41) is 3.64. The van der Waals surface area contributed by atoms with Crippen molar-refractivity contribution in [2.45, 2.75) is 24.0 Å². The molecular weight excluding hydrogens is 380 g/mol. The van der Waals surface area contributed by atoms with Gasteiger partial charge in [-0.1, -0.05) is 24.3 Å². The number of carbonyl (C=O) groups excluding carboxylic acids is 1. The zero-order valence-corrected chi connectivity index (χ0v) is 16.7. The average molecular weight is 401 g/mol. The number of hydrogen-bond donors (Lipinski definition) is 1. The highest BCUT2D eigenvalue weighted by atomic mass is 32.2. The van der Waals surface area contributed by atoms with E-state index >= 15 is 0 Å². The maximum Gasteiger partial charge on any atom is 0.261 e. The minimum absolute atomic E-state index is 0.0296. The normalized spacial score (nSPS) is 12.5. The van der Waals surface area contributed by atoms with Crippen LogP contribution in [-0.2, 0) is 9.84 Å². The molecule has 3 rings (SSSR count). The molecule has 0 fully saturated rings. The number of sulfone groups is 1. The van der Waals surface area contributed by atoms with E-state index < -0.39 is 15.1 Å². The third kappa shape index (κ3) is 4.26. The standard InChI is InChI=1S/C20H20N2O3S2/c1-14-7-8-15(2)18(11-14)27(24,25)19(16-5-3-9-21-12-16)13-22-20(23)17-6-4-10-26-17/h3-12,19H,13H2,1-2H3,(H,22,23)/t19-/m0/s1. The largest absolute Gasteiger partial charge is 0.350 e. The molecule has 1 N–H and O–H groups in total. The summed E-state index contributed by atoms with van der Waals surface area (Å²) in [6.45, 7) is 3.60. The number of nitrogens with zero attached hydrogens (tertiary/aromatic N) is 1. The zero-order chi connectivity index (χ0) is 19.4. The van der Waals surface area contributed by atoms with E-state index in [4.69, 9.17) is 0 Å². The van der Waals surface area contributed by atoms with Crippen LogP contribution in [0.25, 0.3) is 0 Å². The lowest BCUT2D eigenvalue weighted by atomic mass is 10.2. The number of aryl methyl sites for hydroxylation is 2. The Labute approximate surface area is 163 Å². The fraction of sp³-hybridized carbons (Fsp3) is 0.200. The van der Waals surface area contributed by atoms with Crippen molar-refractivity contribution in [3.63, 3.8) is 0 Å². The minimum Gasteiger partial charge on any atom is -0.350 e. The van der Waals surface area contributed by atoms with Gasteiger partial charge in [0.1, 0.15) is 5.25 Å². The Balaban J connectivity index is 1.97. The molecule has 1 atom stereocenters. The maximum atomic E-state index is 13.4. The summed E-state index contributed by atoms with van der Waals surface area (Å²) in [7, 11) is -3.72. The fourth-order valence-corrected chi connectivity index (χ4v) is 5.43. The lowest BCUT2D eigenvalue weighted by Gasteiger charge is -2.20. The van der Waals surface area contributed by atoms with E-state index in [9.17, 15) is 13.2 Å². The van der Waals surface area contributed by atoms with Crippen molar-refractivity contribution in [3.8, 4) is 0 Å². The fourth-order valence-electron chi connectivity index (χ4n) is 2.82. The Hall–Kier alpha value is -2.51. The number of aromatic nitrogens is 1. The number of thiophene rings is 1. The van der Waals surface area contributed by atoms with Gasteiger partial charge in [0.05, 0.1) is 9.77 Å². The predicted octanol–water partition coefficient (Wildman–Crippen LogP) is 3.70. The van der Waals surface area contributed by atoms with Crippen molar-refractivity contribution in [1.29, 1.82) is 0 Å². The number of pyridine rings is 1. The Morgan fingerprint density at radius 3 is 2.67 bits per heavy atom. The van der Waals surface area contributed by atoms with Gasteiger partial charge in [0, 0.05) is 18.9 Å². The van der Waals surface area contributed by atoms with Crippen LogP contribution in [0.5, 0.6) is 0 Å². The smallest absolute Gasteiger partial charge is 0.261 e. The van der Waals surface area contributed by atoms with Gasteiger partial charge in [-0.3, -0.25) is 9.78 Å². The summed E-state index contributed by atoms with van der Waals surface area (Å²) in [5.41, 5.74) is 2.09. The van der Waals surface area contributed by atoms with E-state index in [0.717, 1.165) is 5.56 Å². The van der Waals surface area contributed by atoms with Gasteiger partial charge in [0.25, 0.3) is 5.91 Å². The summed E-state index contributed by atoms with van der Waals surface area (Å²) < 4.78 is 26.9. The monoisotopic (exact) mass is 400 g/mol. The first kappa shape index (κ1) is 19.3. The van der Waals surface area contributed by atoms with Crippen LogP contribution in [0.2, 0.25) is 0 Å². The van der Waals surface area contributed by atoms with E-state index in [1.54, 1.807) is 54.9 Å². The van der Waals surface area contributed by atoms with Crippen molar-refractivity contribution in [2.75, 3.05) is 6.54 Å². The summed E-state index contributed by atoms with van der Waals surface area (Å²) in [6.07, 6.45) is 3.12. The van der Waals surface area contributed by atoms with Crippen LogP contribution in [0, 0.1) is 13.8 Å². The second kappa shape index (κ2) is 8.02. The zero-order valence-electron chi connectivity index (χ0n) is 15.0. The second-order valence-electron chi connectivity index (χ2n) is 6.28. The molecule has 0 saturated heterocycles. The molecule has 0 aliphatic rings. The molecule has 5 nitrogen and oxygen atoms in total. The molecule has 2 heterocycles. The van der Waals surface area contributed by atoms with Crippen molar-refractivity contribution in [2.24, 2.45) is 0 Å². The van der Waals surface area contributed by atoms with Gasteiger partial charge in [0.2, 0.25) is 0 Å². The van der Waals surface area contributed by atoms with Gasteiger partial charge in [-0.15, -0.1) is 11.3 Å². The molecule has 140 valence electrons. The Kier molecular flexibility index (Phi) is 5.72. The molecule has 3 aromatic rings. The molecule has 0 saturated carbocycles. The maximum absolute atomic E-state index is 13.4. The number of benzene rings is 1. The molecule has 0 spiro atoms. The first-order chi connectivity index (χ1) is 12.9. The van der Waals surface area contributed by atoms with Crippen LogP contribution in [0.15, 0.2) is 65.1 Å². The Bertz CT molecular complexity index is 1030. The number of nitrogens with one attached hydrogen (secondary N) is 1.